The van der Waals surface area contributed by atoms with Gasteiger partial charge in [-0.15, -0.1) is 0 Å². The van der Waals surface area contributed by atoms with Crippen LogP contribution in [0.25, 0.3) is 100 Å². The van der Waals surface area contributed by atoms with Crippen LogP contribution in [0.4, 0.5) is 0 Å². The lowest BCUT2D eigenvalue weighted by Gasteiger charge is -2.30. The summed E-state index contributed by atoms with van der Waals surface area (Å²) < 4.78 is 6.61. The van der Waals surface area contributed by atoms with Crippen molar-refractivity contribution in [3.05, 3.63) is 241 Å². The Morgan fingerprint density at radius 3 is 1.60 bits per heavy atom. The molecule has 2 aliphatic carbocycles. The molecule has 2 aliphatic rings. The van der Waals surface area contributed by atoms with Crippen LogP contribution in [0.5, 0.6) is 0 Å². The van der Waals surface area contributed by atoms with E-state index in [1.54, 1.807) is 0 Å². The Labute approximate surface area is 359 Å². The van der Waals surface area contributed by atoms with E-state index in [0.29, 0.717) is 5.82 Å². The second-order valence-electron chi connectivity index (χ2n) is 16.4. The molecule has 2 heterocycles. The van der Waals surface area contributed by atoms with Crippen LogP contribution in [0.2, 0.25) is 0 Å². The van der Waals surface area contributed by atoms with Gasteiger partial charge in [-0.2, -0.15) is 0 Å². The van der Waals surface area contributed by atoms with Crippen molar-refractivity contribution in [1.29, 1.82) is 0 Å². The molecule has 0 saturated carbocycles. The smallest absolute Gasteiger partial charge is 0.160 e. The first-order valence-electron chi connectivity index (χ1n) is 21.2. The van der Waals surface area contributed by atoms with Gasteiger partial charge in [-0.25, -0.2) is 9.97 Å². The summed E-state index contributed by atoms with van der Waals surface area (Å²) in [5.74, 6) is 0.680. The maximum Gasteiger partial charge on any atom is 0.160 e. The number of benzene rings is 9. The van der Waals surface area contributed by atoms with Crippen LogP contribution in [0.3, 0.4) is 0 Å². The highest BCUT2D eigenvalue weighted by atomic mass is 16.3. The van der Waals surface area contributed by atoms with Gasteiger partial charge in [0, 0.05) is 33.0 Å². The maximum absolute atomic E-state index is 6.61. The van der Waals surface area contributed by atoms with E-state index in [0.717, 1.165) is 72.3 Å². The number of hydrogen-bond acceptors (Lipinski definition) is 3. The lowest BCUT2D eigenvalue weighted by molar-refractivity contribution is 0.670. The average molecular weight is 789 g/mol. The van der Waals surface area contributed by atoms with Crippen molar-refractivity contribution in [3.8, 4) is 78.4 Å². The van der Waals surface area contributed by atoms with E-state index < -0.39 is 5.41 Å². The van der Waals surface area contributed by atoms with Gasteiger partial charge < -0.3 is 4.42 Å². The normalized spacial score (nSPS) is 13.0. The number of hydrogen-bond donors (Lipinski definition) is 0. The number of aromatic nitrogens is 2. The minimum Gasteiger partial charge on any atom is -0.455 e. The third kappa shape index (κ3) is 5.00. The zero-order valence-electron chi connectivity index (χ0n) is 33.6. The summed E-state index contributed by atoms with van der Waals surface area (Å²) in [6.07, 6.45) is 0. The summed E-state index contributed by atoms with van der Waals surface area (Å²) in [7, 11) is 0. The molecule has 0 amide bonds. The molecule has 0 aliphatic heterocycles. The predicted molar refractivity (Wildman–Crippen MR) is 253 cm³/mol. The van der Waals surface area contributed by atoms with Crippen LogP contribution in [0, 0.1) is 0 Å². The van der Waals surface area contributed by atoms with Crippen molar-refractivity contribution >= 4 is 21.9 Å². The summed E-state index contributed by atoms with van der Waals surface area (Å²) in [4.78, 5) is 10.9. The molecular formula is C59H36N2O. The van der Waals surface area contributed by atoms with Crippen molar-refractivity contribution in [2.75, 3.05) is 0 Å². The quantitative estimate of drug-likeness (QED) is 0.174. The molecule has 0 atom stereocenters. The second-order valence-corrected chi connectivity index (χ2v) is 16.4. The van der Waals surface area contributed by atoms with Gasteiger partial charge in [-0.05, 0) is 91.5 Å². The van der Waals surface area contributed by atoms with Gasteiger partial charge in [0.25, 0.3) is 0 Å². The van der Waals surface area contributed by atoms with Gasteiger partial charge in [-0.3, -0.25) is 0 Å². The SMILES string of the molecule is c1ccc(-c2cc(-c3cc(-c4cccc5c4-c4ccccc4C54c5ccccc5-c5ccccc54)nc(-c4ccccc4)n3)cc(-c3cccc4c3oc3ccccc34)c2)cc1. The first kappa shape index (κ1) is 34.7. The Kier molecular flexibility index (Phi) is 7.52. The van der Waals surface area contributed by atoms with Crippen LogP contribution >= 0.6 is 0 Å². The highest BCUT2D eigenvalue weighted by Gasteiger charge is 2.52. The molecule has 3 nitrogen and oxygen atoms in total. The van der Waals surface area contributed by atoms with Crippen LogP contribution in [0.1, 0.15) is 22.3 Å². The monoisotopic (exact) mass is 788 g/mol. The molecule has 0 saturated heterocycles. The summed E-state index contributed by atoms with van der Waals surface area (Å²) in [5, 5.41) is 2.21. The first-order valence-corrected chi connectivity index (χ1v) is 21.2. The minimum atomic E-state index is -0.455. The fraction of sp³-hybridized carbons (Fsp3) is 0.0169. The highest BCUT2D eigenvalue weighted by molar-refractivity contribution is 6.10. The molecule has 3 heteroatoms. The fourth-order valence-electron chi connectivity index (χ4n) is 10.5. The van der Waals surface area contributed by atoms with Crippen LogP contribution in [-0.4, -0.2) is 9.97 Å². The summed E-state index contributed by atoms with van der Waals surface area (Å²) >= 11 is 0. The molecule has 11 aromatic rings. The molecule has 13 rings (SSSR count). The van der Waals surface area contributed by atoms with Crippen molar-refractivity contribution < 1.29 is 4.42 Å². The molecule has 62 heavy (non-hydrogen) atoms. The molecule has 0 unspecified atom stereocenters. The van der Waals surface area contributed by atoms with E-state index >= 15 is 0 Å². The summed E-state index contributed by atoms with van der Waals surface area (Å²) in [6, 6.07) is 78.4. The Morgan fingerprint density at radius 1 is 0.323 bits per heavy atom. The third-order valence-electron chi connectivity index (χ3n) is 13.1. The van der Waals surface area contributed by atoms with Crippen LogP contribution in [-0.2, 0) is 5.41 Å². The molecule has 2 aromatic heterocycles. The summed E-state index contributed by atoms with van der Waals surface area (Å²) in [5.41, 5.74) is 20.7. The van der Waals surface area contributed by atoms with E-state index in [1.165, 1.54) is 44.5 Å². The average Bonchev–Trinajstić information content (AvgIpc) is 3.99. The molecule has 288 valence electrons. The first-order chi connectivity index (χ1) is 30.7. The Balaban J connectivity index is 1.07. The van der Waals surface area contributed by atoms with Crippen molar-refractivity contribution in [3.63, 3.8) is 0 Å². The van der Waals surface area contributed by atoms with Crippen molar-refractivity contribution in [2.24, 2.45) is 0 Å². The number of para-hydroxylation sites is 2. The molecule has 1 spiro atoms. The molecule has 0 N–H and O–H groups in total. The van der Waals surface area contributed by atoms with E-state index in [9.17, 15) is 0 Å². The van der Waals surface area contributed by atoms with Gasteiger partial charge in [0.1, 0.15) is 11.2 Å². The molecule has 9 aromatic carbocycles. The highest BCUT2D eigenvalue weighted by Crippen LogP contribution is 2.64. The van der Waals surface area contributed by atoms with Gasteiger partial charge in [0.2, 0.25) is 0 Å². The molecule has 0 radical (unpaired) electrons. The zero-order chi connectivity index (χ0) is 40.8. The van der Waals surface area contributed by atoms with Gasteiger partial charge in [0.15, 0.2) is 5.82 Å². The minimum absolute atomic E-state index is 0.455. The Hall–Kier alpha value is -8.14. The van der Waals surface area contributed by atoms with E-state index in [2.05, 4.69) is 200 Å². The Bertz CT molecular complexity index is 3540. The van der Waals surface area contributed by atoms with Gasteiger partial charge in [-0.1, -0.05) is 188 Å². The molecular weight excluding hydrogens is 753 g/mol. The third-order valence-corrected chi connectivity index (χ3v) is 13.1. The van der Waals surface area contributed by atoms with E-state index in [-0.39, 0.29) is 0 Å². The summed E-state index contributed by atoms with van der Waals surface area (Å²) in [6.45, 7) is 0. The van der Waals surface area contributed by atoms with E-state index in [4.69, 9.17) is 14.4 Å². The number of furan rings is 1. The number of fused-ring (bicyclic) bond motifs is 13. The van der Waals surface area contributed by atoms with Crippen molar-refractivity contribution in [1.82, 2.24) is 9.97 Å². The maximum atomic E-state index is 6.61. The van der Waals surface area contributed by atoms with E-state index in [1.807, 2.05) is 18.2 Å². The van der Waals surface area contributed by atoms with Gasteiger partial charge >= 0.3 is 0 Å². The topological polar surface area (TPSA) is 38.9 Å². The standard InChI is InChI=1S/C59H36N2O/c1-3-17-37(18-4-1)39-33-40(42-25-15-26-46-45-23-10-14-32-55(45)62-57(42)46)35-41(34-39)53-36-54(61-58(60-53)38-19-5-2-6-20-38)48-27-16-31-52-56(48)47-24-9-13-30-51(47)59(52)49-28-11-7-21-43(49)44-22-8-12-29-50(44)59/h1-36H. The van der Waals surface area contributed by atoms with Gasteiger partial charge in [0.05, 0.1) is 16.8 Å². The predicted octanol–water partition coefficient (Wildman–Crippen LogP) is 15.1. The lowest BCUT2D eigenvalue weighted by Crippen LogP contribution is -2.25. The largest absolute Gasteiger partial charge is 0.455 e. The second kappa shape index (κ2) is 13.4. The van der Waals surface area contributed by atoms with Crippen LogP contribution in [0.15, 0.2) is 223 Å². The Morgan fingerprint density at radius 2 is 0.839 bits per heavy atom. The zero-order valence-corrected chi connectivity index (χ0v) is 33.6. The fourth-order valence-corrected chi connectivity index (χ4v) is 10.5. The molecule has 0 fully saturated rings. The number of nitrogens with zero attached hydrogens (tertiary/aromatic N) is 2. The van der Waals surface area contributed by atoms with Crippen LogP contribution < -0.4 is 0 Å². The lowest BCUT2D eigenvalue weighted by atomic mass is 9.70. The molecule has 0 bridgehead atoms. The van der Waals surface area contributed by atoms with Crippen molar-refractivity contribution in [2.45, 2.75) is 5.41 Å². The number of rotatable bonds is 5.